The molecule has 1 heterocycles. The first-order chi connectivity index (χ1) is 12.8. The molecule has 0 aliphatic rings. The van der Waals surface area contributed by atoms with Crippen LogP contribution >= 0.6 is 11.3 Å². The van der Waals surface area contributed by atoms with E-state index in [2.05, 4.69) is 10.6 Å². The molecule has 0 unspecified atom stereocenters. The predicted molar refractivity (Wildman–Crippen MR) is 99.7 cm³/mol. The summed E-state index contributed by atoms with van der Waals surface area (Å²) in [5.74, 6) is -1.80. The van der Waals surface area contributed by atoms with E-state index >= 15 is 0 Å². The van der Waals surface area contributed by atoms with Crippen LogP contribution in [-0.4, -0.2) is 11.8 Å². The molecule has 4 nitrogen and oxygen atoms in total. The Hall–Kier alpha value is -2.42. The number of thiophene rings is 1. The van der Waals surface area contributed by atoms with Crippen LogP contribution in [0.2, 0.25) is 0 Å². The van der Waals surface area contributed by atoms with E-state index in [-0.39, 0.29) is 16.3 Å². The fourth-order valence-electron chi connectivity index (χ4n) is 2.29. The maximum absolute atomic E-state index is 13.2. The molecule has 2 rings (SSSR count). The van der Waals surface area contributed by atoms with E-state index in [1.165, 1.54) is 0 Å². The summed E-state index contributed by atoms with van der Waals surface area (Å²) in [4.78, 5) is 24.7. The topological polar surface area (TPSA) is 58.2 Å². The van der Waals surface area contributed by atoms with Gasteiger partial charge in [-0.3, -0.25) is 9.59 Å². The standard InChI is InChI=1S/C19H20F4N2O2S/c1-10-7-14(25-17(27)18(2,3)4)28-15(10)16(26)24-9-11-5-6-12(20)8-13(11)19(21,22)23/h5-8H,9H2,1-4H3,(H,24,26)(H,25,27). The third-order valence-corrected chi connectivity index (χ3v) is 5.01. The molecule has 0 fully saturated rings. The van der Waals surface area contributed by atoms with Crippen molar-refractivity contribution >= 4 is 28.2 Å². The average Bonchev–Trinajstić information content (AvgIpc) is 2.92. The number of hydrogen-bond acceptors (Lipinski definition) is 3. The van der Waals surface area contributed by atoms with Gasteiger partial charge in [0, 0.05) is 12.0 Å². The second-order valence-corrected chi connectivity index (χ2v) is 8.36. The van der Waals surface area contributed by atoms with Gasteiger partial charge in [0.05, 0.1) is 15.4 Å². The van der Waals surface area contributed by atoms with Crippen LogP contribution in [0.4, 0.5) is 22.6 Å². The molecule has 0 bridgehead atoms. The van der Waals surface area contributed by atoms with Crippen molar-refractivity contribution in [3.05, 3.63) is 51.7 Å². The molecule has 2 aromatic rings. The summed E-state index contributed by atoms with van der Waals surface area (Å²) in [7, 11) is 0. The molecule has 0 spiro atoms. The summed E-state index contributed by atoms with van der Waals surface area (Å²) in [6.07, 6.45) is -4.73. The zero-order chi connectivity index (χ0) is 21.3. The molecule has 0 atom stereocenters. The number of rotatable bonds is 4. The van der Waals surface area contributed by atoms with Crippen molar-refractivity contribution in [2.45, 2.75) is 40.4 Å². The van der Waals surface area contributed by atoms with Gasteiger partial charge in [-0.05, 0) is 36.2 Å². The highest BCUT2D eigenvalue weighted by molar-refractivity contribution is 7.18. The zero-order valence-electron chi connectivity index (χ0n) is 15.8. The molecule has 28 heavy (non-hydrogen) atoms. The molecular formula is C19H20F4N2O2S. The van der Waals surface area contributed by atoms with Crippen molar-refractivity contribution in [3.8, 4) is 0 Å². The molecule has 0 aliphatic heterocycles. The third-order valence-electron chi connectivity index (χ3n) is 3.86. The fourth-order valence-corrected chi connectivity index (χ4v) is 3.28. The molecule has 0 aliphatic carbocycles. The van der Waals surface area contributed by atoms with Gasteiger partial charge in [0.25, 0.3) is 5.91 Å². The minimum atomic E-state index is -4.73. The number of hydrogen-bond donors (Lipinski definition) is 2. The number of carbonyl (C=O) groups excluding carboxylic acids is 2. The maximum atomic E-state index is 13.2. The molecule has 0 radical (unpaired) electrons. The average molecular weight is 416 g/mol. The van der Waals surface area contributed by atoms with E-state index in [1.807, 2.05) is 0 Å². The lowest BCUT2D eigenvalue weighted by atomic mass is 9.96. The predicted octanol–water partition coefficient (Wildman–Crippen LogP) is 5.13. The molecule has 2 N–H and O–H groups in total. The summed E-state index contributed by atoms with van der Waals surface area (Å²) in [5.41, 5.74) is -1.40. The Morgan fingerprint density at radius 3 is 2.32 bits per heavy atom. The summed E-state index contributed by atoms with van der Waals surface area (Å²) < 4.78 is 52.3. The van der Waals surface area contributed by atoms with Crippen LogP contribution in [0.3, 0.4) is 0 Å². The zero-order valence-corrected chi connectivity index (χ0v) is 16.6. The first-order valence-electron chi connectivity index (χ1n) is 8.34. The number of halogens is 4. The van der Waals surface area contributed by atoms with Gasteiger partial charge in [0.2, 0.25) is 5.91 Å². The number of nitrogens with one attached hydrogen (secondary N) is 2. The molecule has 152 valence electrons. The van der Waals surface area contributed by atoms with E-state index in [4.69, 9.17) is 0 Å². The number of amides is 2. The minimum absolute atomic E-state index is 0.221. The van der Waals surface area contributed by atoms with Gasteiger partial charge in [-0.15, -0.1) is 11.3 Å². The van der Waals surface area contributed by atoms with Crippen molar-refractivity contribution in [3.63, 3.8) is 0 Å². The summed E-state index contributed by atoms with van der Waals surface area (Å²) in [5, 5.41) is 5.61. The Morgan fingerprint density at radius 1 is 1.11 bits per heavy atom. The molecule has 1 aromatic carbocycles. The summed E-state index contributed by atoms with van der Waals surface area (Å²) in [6.45, 7) is 6.50. The number of alkyl halides is 3. The van der Waals surface area contributed by atoms with Crippen molar-refractivity contribution in [2.75, 3.05) is 5.32 Å². The van der Waals surface area contributed by atoms with Crippen LogP contribution in [-0.2, 0) is 17.5 Å². The molecule has 1 aromatic heterocycles. The second-order valence-electron chi connectivity index (χ2n) is 7.31. The van der Waals surface area contributed by atoms with Crippen molar-refractivity contribution in [1.82, 2.24) is 5.32 Å². The molecular weight excluding hydrogens is 396 g/mol. The van der Waals surface area contributed by atoms with Gasteiger partial charge in [0.1, 0.15) is 5.82 Å². The number of anilines is 1. The van der Waals surface area contributed by atoms with E-state index in [0.717, 1.165) is 23.5 Å². The Kier molecular flexibility index (Phi) is 6.18. The van der Waals surface area contributed by atoms with E-state index in [1.54, 1.807) is 33.8 Å². The summed E-state index contributed by atoms with van der Waals surface area (Å²) >= 11 is 1.03. The largest absolute Gasteiger partial charge is 0.416 e. The van der Waals surface area contributed by atoms with Crippen LogP contribution in [0.5, 0.6) is 0 Å². The second kappa shape index (κ2) is 7.90. The van der Waals surface area contributed by atoms with Gasteiger partial charge < -0.3 is 10.6 Å². The van der Waals surface area contributed by atoms with Crippen LogP contribution in [0, 0.1) is 18.2 Å². The Balaban J connectivity index is 2.14. The van der Waals surface area contributed by atoms with Gasteiger partial charge in [-0.2, -0.15) is 13.2 Å². The first kappa shape index (κ1) is 21.9. The van der Waals surface area contributed by atoms with Gasteiger partial charge in [-0.25, -0.2) is 4.39 Å². The Labute approximate surface area is 163 Å². The van der Waals surface area contributed by atoms with Crippen LogP contribution < -0.4 is 10.6 Å². The lowest BCUT2D eigenvalue weighted by Crippen LogP contribution is -2.27. The SMILES string of the molecule is Cc1cc(NC(=O)C(C)(C)C)sc1C(=O)NCc1ccc(F)cc1C(F)(F)F. The highest BCUT2D eigenvalue weighted by atomic mass is 32.1. The normalized spacial score (nSPS) is 12.0. The fraction of sp³-hybridized carbons (Fsp3) is 0.368. The molecule has 2 amide bonds. The monoisotopic (exact) mass is 416 g/mol. The van der Waals surface area contributed by atoms with Crippen molar-refractivity contribution in [1.29, 1.82) is 0 Å². The van der Waals surface area contributed by atoms with Gasteiger partial charge in [-0.1, -0.05) is 26.8 Å². The highest BCUT2D eigenvalue weighted by Crippen LogP contribution is 2.33. The van der Waals surface area contributed by atoms with Crippen molar-refractivity contribution in [2.24, 2.45) is 5.41 Å². The smallest absolute Gasteiger partial charge is 0.347 e. The lowest BCUT2D eigenvalue weighted by Gasteiger charge is -2.16. The Morgan fingerprint density at radius 2 is 1.75 bits per heavy atom. The minimum Gasteiger partial charge on any atom is -0.347 e. The number of carbonyl (C=O) groups is 2. The van der Waals surface area contributed by atoms with Crippen molar-refractivity contribution < 1.29 is 27.2 Å². The van der Waals surface area contributed by atoms with Crippen LogP contribution in [0.15, 0.2) is 24.3 Å². The van der Waals surface area contributed by atoms with E-state index in [0.29, 0.717) is 16.6 Å². The third kappa shape index (κ3) is 5.31. The summed E-state index contributed by atoms with van der Waals surface area (Å²) in [6, 6.07) is 3.93. The quantitative estimate of drug-likeness (QED) is 0.679. The maximum Gasteiger partial charge on any atom is 0.416 e. The molecule has 0 saturated heterocycles. The molecule has 0 saturated carbocycles. The van der Waals surface area contributed by atoms with Gasteiger partial charge >= 0.3 is 6.18 Å². The Bertz CT molecular complexity index is 898. The van der Waals surface area contributed by atoms with E-state index < -0.39 is 35.4 Å². The van der Waals surface area contributed by atoms with Gasteiger partial charge in [0.15, 0.2) is 0 Å². The number of benzene rings is 1. The highest BCUT2D eigenvalue weighted by Gasteiger charge is 2.33. The number of aryl methyl sites for hydroxylation is 1. The van der Waals surface area contributed by atoms with Crippen LogP contribution in [0.25, 0.3) is 0 Å². The van der Waals surface area contributed by atoms with E-state index in [9.17, 15) is 27.2 Å². The molecule has 9 heteroatoms. The van der Waals surface area contributed by atoms with Crippen LogP contribution in [0.1, 0.15) is 47.1 Å². The first-order valence-corrected chi connectivity index (χ1v) is 9.16. The lowest BCUT2D eigenvalue weighted by molar-refractivity contribution is -0.138.